The lowest BCUT2D eigenvalue weighted by Crippen LogP contribution is -2.29. The quantitative estimate of drug-likeness (QED) is 0.507. The summed E-state index contributed by atoms with van der Waals surface area (Å²) in [6, 6.07) is 1.96. The number of nitrogens with zero attached hydrogens (tertiary/aromatic N) is 2. The summed E-state index contributed by atoms with van der Waals surface area (Å²) in [5.41, 5.74) is 1.04. The van der Waals surface area contributed by atoms with E-state index in [9.17, 15) is 0 Å². The van der Waals surface area contributed by atoms with Gasteiger partial charge in [0.1, 0.15) is 0 Å². The highest BCUT2D eigenvalue weighted by Crippen LogP contribution is 2.04. The maximum Gasteiger partial charge on any atom is 0.0912 e. The Morgan fingerprint density at radius 1 is 1.60 bits per heavy atom. The van der Waals surface area contributed by atoms with Crippen LogP contribution in [0.2, 0.25) is 0 Å². The molecule has 0 saturated heterocycles. The third-order valence-electron chi connectivity index (χ3n) is 2.03. The zero-order valence-electron chi connectivity index (χ0n) is 9.53. The molecule has 0 aliphatic carbocycles. The number of likely N-dealkylation sites (N-methyl/N-ethyl adjacent to an activating group) is 2. The molecule has 0 saturated carbocycles. The van der Waals surface area contributed by atoms with Gasteiger partial charge in [0, 0.05) is 31.4 Å². The van der Waals surface area contributed by atoms with Crippen molar-refractivity contribution in [3.05, 3.63) is 36.6 Å². The van der Waals surface area contributed by atoms with Crippen LogP contribution in [0.5, 0.6) is 0 Å². The van der Waals surface area contributed by atoms with Crippen LogP contribution in [0.3, 0.4) is 0 Å². The highest BCUT2D eigenvalue weighted by atomic mass is 15.1. The summed E-state index contributed by atoms with van der Waals surface area (Å²) < 4.78 is 0. The third kappa shape index (κ3) is 5.71. The molecule has 0 aromatic heterocycles. The Morgan fingerprint density at radius 3 is 2.80 bits per heavy atom. The summed E-state index contributed by atoms with van der Waals surface area (Å²) in [5, 5.41) is 11.5. The van der Waals surface area contributed by atoms with Crippen molar-refractivity contribution in [1.29, 1.82) is 5.26 Å². The van der Waals surface area contributed by atoms with Crippen LogP contribution in [-0.2, 0) is 0 Å². The molecule has 0 radical (unpaired) electrons. The van der Waals surface area contributed by atoms with Gasteiger partial charge >= 0.3 is 0 Å². The molecule has 0 unspecified atom stereocenters. The predicted octanol–water partition coefficient (Wildman–Crippen LogP) is 1.68. The van der Waals surface area contributed by atoms with Crippen LogP contribution in [0.4, 0.5) is 0 Å². The minimum atomic E-state index is 0.930. The monoisotopic (exact) mass is 205 g/mol. The molecule has 0 aliphatic rings. The Labute approximate surface area is 92.4 Å². The van der Waals surface area contributed by atoms with Gasteiger partial charge in [-0.25, -0.2) is 0 Å². The summed E-state index contributed by atoms with van der Waals surface area (Å²) in [6.07, 6.45) is 6.89. The highest BCUT2D eigenvalue weighted by molar-refractivity contribution is 5.23. The Bertz CT molecular complexity index is 271. The molecular formula is C12H19N3. The summed E-state index contributed by atoms with van der Waals surface area (Å²) >= 11 is 0. The average molecular weight is 205 g/mol. The van der Waals surface area contributed by atoms with Crippen LogP contribution in [0.15, 0.2) is 36.6 Å². The smallest absolute Gasteiger partial charge is 0.0912 e. The molecule has 0 rings (SSSR count). The first-order valence-corrected chi connectivity index (χ1v) is 5.08. The number of hydrogen-bond acceptors (Lipinski definition) is 3. The first-order valence-electron chi connectivity index (χ1n) is 5.08. The van der Waals surface area contributed by atoms with Gasteiger partial charge < -0.3 is 10.2 Å². The van der Waals surface area contributed by atoms with Crippen molar-refractivity contribution in [1.82, 2.24) is 10.2 Å². The normalized spacial score (nSPS) is 11.4. The number of hydrogen-bond donors (Lipinski definition) is 1. The zero-order valence-corrected chi connectivity index (χ0v) is 9.53. The van der Waals surface area contributed by atoms with Crippen molar-refractivity contribution in [2.45, 2.75) is 6.92 Å². The second kappa shape index (κ2) is 9.04. The molecule has 1 N–H and O–H groups in total. The third-order valence-corrected chi connectivity index (χ3v) is 2.03. The topological polar surface area (TPSA) is 39.1 Å². The minimum Gasteiger partial charge on any atom is -0.371 e. The molecule has 0 fully saturated rings. The van der Waals surface area contributed by atoms with E-state index < -0.39 is 0 Å². The summed E-state index contributed by atoms with van der Waals surface area (Å²) in [5.74, 6) is 0. The molecule has 0 spiro atoms. The minimum absolute atomic E-state index is 0.930. The maximum absolute atomic E-state index is 8.37. The number of allylic oxidation sites excluding steroid dienone is 4. The number of nitriles is 1. The molecule has 0 aromatic rings. The largest absolute Gasteiger partial charge is 0.371 e. The van der Waals surface area contributed by atoms with E-state index in [2.05, 4.69) is 23.7 Å². The van der Waals surface area contributed by atoms with E-state index in [1.807, 2.05) is 19.2 Å². The van der Waals surface area contributed by atoms with E-state index in [1.54, 1.807) is 12.2 Å². The highest BCUT2D eigenvalue weighted by Gasteiger charge is 2.01. The molecule has 82 valence electrons. The predicted molar refractivity (Wildman–Crippen MR) is 64.2 cm³/mol. The Kier molecular flexibility index (Phi) is 8.12. The van der Waals surface area contributed by atoms with E-state index in [4.69, 9.17) is 5.26 Å². The van der Waals surface area contributed by atoms with Crippen LogP contribution in [-0.4, -0.2) is 31.6 Å². The second-order valence-electron chi connectivity index (χ2n) is 2.97. The van der Waals surface area contributed by atoms with Crippen molar-refractivity contribution in [2.24, 2.45) is 0 Å². The van der Waals surface area contributed by atoms with Gasteiger partial charge in [-0.3, -0.25) is 0 Å². The van der Waals surface area contributed by atoms with E-state index in [1.165, 1.54) is 6.08 Å². The summed E-state index contributed by atoms with van der Waals surface area (Å²) in [7, 11) is 1.93. The van der Waals surface area contributed by atoms with Gasteiger partial charge in [0.05, 0.1) is 6.07 Å². The fraction of sp³-hybridized carbons (Fsp3) is 0.417. The molecule has 3 nitrogen and oxygen atoms in total. The number of nitrogens with one attached hydrogen (secondary N) is 1. The fourth-order valence-electron chi connectivity index (χ4n) is 1.21. The second-order valence-corrected chi connectivity index (χ2v) is 2.97. The SMILES string of the molecule is C=C/C(=C\C=C\C#N)N(CC)CCNC. The molecule has 0 aromatic carbocycles. The van der Waals surface area contributed by atoms with Crippen molar-refractivity contribution in [2.75, 3.05) is 26.7 Å². The molecule has 15 heavy (non-hydrogen) atoms. The van der Waals surface area contributed by atoms with E-state index in [0.717, 1.165) is 25.3 Å². The summed E-state index contributed by atoms with van der Waals surface area (Å²) in [4.78, 5) is 2.20. The molecule has 0 amide bonds. The van der Waals surface area contributed by atoms with E-state index in [0.29, 0.717) is 0 Å². The average Bonchev–Trinajstić information content (AvgIpc) is 2.27. The van der Waals surface area contributed by atoms with E-state index >= 15 is 0 Å². The summed E-state index contributed by atoms with van der Waals surface area (Å²) in [6.45, 7) is 8.67. The fourth-order valence-corrected chi connectivity index (χ4v) is 1.21. The molecule has 0 heterocycles. The molecule has 0 atom stereocenters. The standard InChI is InChI=1S/C12H19N3/c1-4-12(8-6-7-9-13)15(5-2)11-10-14-3/h4,6-8,14H,1,5,10-11H2,2-3H3/b7-6+,12-8+. The van der Waals surface area contributed by atoms with Gasteiger partial charge in [-0.2, -0.15) is 5.26 Å². The Morgan fingerprint density at radius 2 is 2.33 bits per heavy atom. The van der Waals surface area contributed by atoms with Crippen LogP contribution in [0, 0.1) is 11.3 Å². The van der Waals surface area contributed by atoms with Crippen LogP contribution in [0.1, 0.15) is 6.92 Å². The van der Waals surface area contributed by atoms with Gasteiger partial charge in [-0.15, -0.1) is 0 Å². The van der Waals surface area contributed by atoms with Crippen molar-refractivity contribution < 1.29 is 0 Å². The van der Waals surface area contributed by atoms with Crippen LogP contribution in [0.25, 0.3) is 0 Å². The molecular weight excluding hydrogens is 186 g/mol. The van der Waals surface area contributed by atoms with Crippen molar-refractivity contribution in [3.63, 3.8) is 0 Å². The van der Waals surface area contributed by atoms with Gasteiger partial charge in [-0.05, 0) is 32.2 Å². The van der Waals surface area contributed by atoms with Crippen molar-refractivity contribution in [3.8, 4) is 6.07 Å². The van der Waals surface area contributed by atoms with E-state index in [-0.39, 0.29) is 0 Å². The first-order chi connectivity index (χ1) is 7.29. The van der Waals surface area contributed by atoms with Crippen LogP contribution >= 0.6 is 0 Å². The zero-order chi connectivity index (χ0) is 11.5. The molecule has 0 aliphatic heterocycles. The lowest BCUT2D eigenvalue weighted by Gasteiger charge is -2.23. The Hall–Kier alpha value is -1.53. The van der Waals surface area contributed by atoms with Gasteiger partial charge in [0.15, 0.2) is 0 Å². The Balaban J connectivity index is 4.46. The van der Waals surface area contributed by atoms with Gasteiger partial charge in [0.25, 0.3) is 0 Å². The lowest BCUT2D eigenvalue weighted by atomic mass is 10.3. The number of rotatable bonds is 7. The van der Waals surface area contributed by atoms with Crippen molar-refractivity contribution >= 4 is 0 Å². The van der Waals surface area contributed by atoms with Gasteiger partial charge in [0.2, 0.25) is 0 Å². The molecule has 3 heteroatoms. The lowest BCUT2D eigenvalue weighted by molar-refractivity contribution is 0.373. The molecule has 0 bridgehead atoms. The van der Waals surface area contributed by atoms with Gasteiger partial charge in [-0.1, -0.05) is 6.58 Å². The maximum atomic E-state index is 8.37. The first kappa shape index (κ1) is 13.5. The van der Waals surface area contributed by atoms with Crippen LogP contribution < -0.4 is 5.32 Å².